The van der Waals surface area contributed by atoms with Crippen molar-refractivity contribution in [2.75, 3.05) is 13.1 Å². The molecule has 4 nitrogen and oxygen atoms in total. The summed E-state index contributed by atoms with van der Waals surface area (Å²) in [6.07, 6.45) is -0.588. The Hall–Kier alpha value is -0.930. The molecule has 0 aromatic carbocycles. The van der Waals surface area contributed by atoms with Crippen LogP contribution in [0.15, 0.2) is 0 Å². The Labute approximate surface area is 86.1 Å². The number of nitrogens with two attached hydrogens (primary N) is 1. The molecule has 1 unspecified atom stereocenters. The Morgan fingerprint density at radius 2 is 2.29 bits per heavy atom. The Bertz CT molecular complexity index is 266. The number of amides is 1. The van der Waals surface area contributed by atoms with Gasteiger partial charge in [0.2, 0.25) is 5.91 Å². The van der Waals surface area contributed by atoms with E-state index in [1.165, 1.54) is 0 Å². The summed E-state index contributed by atoms with van der Waals surface area (Å²) in [5.74, 6) is -3.56. The Balaban J connectivity index is 0.00000169. The van der Waals surface area contributed by atoms with Crippen LogP contribution in [0.1, 0.15) is 6.42 Å². The molecular formula is C7H10ClF2N3O. The lowest BCUT2D eigenvalue weighted by Gasteiger charge is -2.17. The van der Waals surface area contributed by atoms with Crippen molar-refractivity contribution >= 4 is 18.3 Å². The molecule has 0 radical (unpaired) electrons. The van der Waals surface area contributed by atoms with E-state index in [2.05, 4.69) is 0 Å². The smallest absolute Gasteiger partial charge is 0.268 e. The van der Waals surface area contributed by atoms with Crippen LogP contribution in [0.2, 0.25) is 0 Å². The molecule has 1 fully saturated rings. The first-order chi connectivity index (χ1) is 6.00. The van der Waals surface area contributed by atoms with Crippen molar-refractivity contribution in [3.05, 3.63) is 0 Å². The summed E-state index contributed by atoms with van der Waals surface area (Å²) in [5, 5.41) is 8.50. The Morgan fingerprint density at radius 3 is 2.71 bits per heavy atom. The highest BCUT2D eigenvalue weighted by Crippen LogP contribution is 2.31. The highest BCUT2D eigenvalue weighted by molar-refractivity contribution is 5.85. The van der Waals surface area contributed by atoms with Gasteiger partial charge in [0, 0.05) is 6.42 Å². The molecule has 1 aliphatic heterocycles. The van der Waals surface area contributed by atoms with Gasteiger partial charge in [-0.3, -0.25) is 4.79 Å². The number of nitrogens with zero attached hydrogens (tertiary/aromatic N) is 2. The Kier molecular flexibility index (Phi) is 4.23. The second-order valence-corrected chi connectivity index (χ2v) is 2.93. The molecule has 0 aliphatic carbocycles. The van der Waals surface area contributed by atoms with Gasteiger partial charge in [0.05, 0.1) is 19.2 Å². The molecular weight excluding hydrogens is 216 g/mol. The molecule has 0 aromatic rings. The van der Waals surface area contributed by atoms with Gasteiger partial charge in [-0.05, 0) is 0 Å². The van der Waals surface area contributed by atoms with Crippen LogP contribution in [0.5, 0.6) is 0 Å². The SMILES string of the molecule is Cl.N#CC1CC(F)(F)CN1C(=O)CN. The maximum atomic E-state index is 12.7. The predicted molar refractivity (Wildman–Crippen MR) is 47.0 cm³/mol. The molecule has 80 valence electrons. The summed E-state index contributed by atoms with van der Waals surface area (Å²) in [4.78, 5) is 11.8. The topological polar surface area (TPSA) is 70.1 Å². The van der Waals surface area contributed by atoms with Crippen LogP contribution in [-0.4, -0.2) is 35.9 Å². The number of alkyl halides is 2. The molecule has 1 aliphatic rings. The van der Waals surface area contributed by atoms with Crippen LogP contribution in [0, 0.1) is 11.3 Å². The van der Waals surface area contributed by atoms with Gasteiger partial charge in [0.15, 0.2) is 0 Å². The number of carbonyl (C=O) groups is 1. The number of halogens is 3. The summed E-state index contributed by atoms with van der Waals surface area (Å²) in [6.45, 7) is -1.03. The predicted octanol–water partition coefficient (Wildman–Crippen LogP) is 0.127. The second-order valence-electron chi connectivity index (χ2n) is 2.93. The van der Waals surface area contributed by atoms with Crippen molar-refractivity contribution in [1.82, 2.24) is 4.90 Å². The molecule has 0 bridgehead atoms. The van der Waals surface area contributed by atoms with Crippen LogP contribution < -0.4 is 5.73 Å². The fourth-order valence-corrected chi connectivity index (χ4v) is 1.31. The van der Waals surface area contributed by atoms with Crippen LogP contribution in [-0.2, 0) is 4.79 Å². The Morgan fingerprint density at radius 1 is 1.71 bits per heavy atom. The van der Waals surface area contributed by atoms with Gasteiger partial charge in [-0.2, -0.15) is 5.26 Å². The summed E-state index contributed by atoms with van der Waals surface area (Å²) in [5.41, 5.74) is 5.01. The largest absolute Gasteiger partial charge is 0.322 e. The third-order valence-electron chi connectivity index (χ3n) is 1.91. The number of hydrogen-bond donors (Lipinski definition) is 1. The van der Waals surface area contributed by atoms with Crippen LogP contribution >= 0.6 is 12.4 Å². The third kappa shape index (κ3) is 2.53. The highest BCUT2D eigenvalue weighted by Gasteiger charge is 2.46. The van der Waals surface area contributed by atoms with Gasteiger partial charge in [-0.15, -0.1) is 12.4 Å². The van der Waals surface area contributed by atoms with E-state index in [0.29, 0.717) is 0 Å². The third-order valence-corrected chi connectivity index (χ3v) is 1.91. The van der Waals surface area contributed by atoms with E-state index in [1.54, 1.807) is 6.07 Å². The molecule has 1 heterocycles. The van der Waals surface area contributed by atoms with Crippen molar-refractivity contribution in [1.29, 1.82) is 5.26 Å². The van der Waals surface area contributed by atoms with E-state index < -0.39 is 30.8 Å². The summed E-state index contributed by atoms with van der Waals surface area (Å²) < 4.78 is 25.5. The molecule has 7 heteroatoms. The normalized spacial score (nSPS) is 23.9. The summed E-state index contributed by atoms with van der Waals surface area (Å²) >= 11 is 0. The lowest BCUT2D eigenvalue weighted by Crippen LogP contribution is -2.39. The number of rotatable bonds is 1. The van der Waals surface area contributed by atoms with Crippen molar-refractivity contribution in [3.8, 4) is 6.07 Å². The molecule has 2 N–H and O–H groups in total. The lowest BCUT2D eigenvalue weighted by molar-refractivity contribution is -0.130. The fraction of sp³-hybridized carbons (Fsp3) is 0.714. The van der Waals surface area contributed by atoms with E-state index in [1.807, 2.05) is 0 Å². The van der Waals surface area contributed by atoms with E-state index in [9.17, 15) is 13.6 Å². The maximum Gasteiger partial charge on any atom is 0.268 e. The minimum Gasteiger partial charge on any atom is -0.322 e. The van der Waals surface area contributed by atoms with Gasteiger partial charge < -0.3 is 10.6 Å². The number of nitriles is 1. The zero-order valence-electron chi connectivity index (χ0n) is 7.24. The maximum absolute atomic E-state index is 12.7. The average molecular weight is 226 g/mol. The highest BCUT2D eigenvalue weighted by atomic mass is 35.5. The number of likely N-dealkylation sites (tertiary alicyclic amines) is 1. The van der Waals surface area contributed by atoms with E-state index in [-0.39, 0.29) is 19.0 Å². The molecule has 0 saturated carbocycles. The lowest BCUT2D eigenvalue weighted by atomic mass is 10.2. The van der Waals surface area contributed by atoms with Gasteiger partial charge in [0.25, 0.3) is 5.92 Å². The first-order valence-corrected chi connectivity index (χ1v) is 3.77. The zero-order chi connectivity index (χ0) is 10.1. The van der Waals surface area contributed by atoms with Gasteiger partial charge in [0.1, 0.15) is 6.04 Å². The molecule has 1 atom stereocenters. The first-order valence-electron chi connectivity index (χ1n) is 3.77. The molecule has 1 rings (SSSR count). The van der Waals surface area contributed by atoms with Crippen LogP contribution in [0.3, 0.4) is 0 Å². The minimum atomic E-state index is -2.95. The number of hydrogen-bond acceptors (Lipinski definition) is 3. The summed E-state index contributed by atoms with van der Waals surface area (Å²) in [7, 11) is 0. The van der Waals surface area contributed by atoms with Crippen LogP contribution in [0.4, 0.5) is 8.78 Å². The molecule has 1 saturated heterocycles. The minimum absolute atomic E-state index is 0. The van der Waals surface area contributed by atoms with E-state index >= 15 is 0 Å². The quantitative estimate of drug-likeness (QED) is 0.690. The van der Waals surface area contributed by atoms with Crippen molar-refractivity contribution in [2.45, 2.75) is 18.4 Å². The van der Waals surface area contributed by atoms with E-state index in [4.69, 9.17) is 11.0 Å². The summed E-state index contributed by atoms with van der Waals surface area (Å²) in [6, 6.07) is 0.618. The van der Waals surface area contributed by atoms with Crippen molar-refractivity contribution in [3.63, 3.8) is 0 Å². The second kappa shape index (κ2) is 4.53. The van der Waals surface area contributed by atoms with Gasteiger partial charge in [-0.1, -0.05) is 0 Å². The van der Waals surface area contributed by atoms with Gasteiger partial charge in [-0.25, -0.2) is 8.78 Å². The van der Waals surface area contributed by atoms with Crippen molar-refractivity contribution in [2.24, 2.45) is 5.73 Å². The van der Waals surface area contributed by atoms with Crippen LogP contribution in [0.25, 0.3) is 0 Å². The molecule has 0 aromatic heterocycles. The monoisotopic (exact) mass is 225 g/mol. The fourth-order valence-electron chi connectivity index (χ4n) is 1.31. The van der Waals surface area contributed by atoms with Gasteiger partial charge >= 0.3 is 0 Å². The molecule has 1 amide bonds. The standard InChI is InChI=1S/C7H9F2N3O.ClH/c8-7(9)1-5(2-10)12(4-7)6(13)3-11;/h5H,1,3-4,11H2;1H. The molecule has 14 heavy (non-hydrogen) atoms. The van der Waals surface area contributed by atoms with Crippen molar-refractivity contribution < 1.29 is 13.6 Å². The average Bonchev–Trinajstić information content (AvgIpc) is 2.39. The molecule has 0 spiro atoms. The zero-order valence-corrected chi connectivity index (χ0v) is 8.06. The number of carbonyl (C=O) groups excluding carboxylic acids is 1. The first kappa shape index (κ1) is 13.1. The van der Waals surface area contributed by atoms with E-state index in [0.717, 1.165) is 4.90 Å².